The zero-order chi connectivity index (χ0) is 24.9. The Balaban J connectivity index is 1.31. The van der Waals surface area contributed by atoms with Gasteiger partial charge in [0.1, 0.15) is 11.5 Å². The first-order valence-electron chi connectivity index (χ1n) is 11.8. The third kappa shape index (κ3) is 8.98. The van der Waals surface area contributed by atoms with Crippen LogP contribution in [0.2, 0.25) is 0 Å². The molecule has 35 heavy (non-hydrogen) atoms. The zero-order valence-corrected chi connectivity index (χ0v) is 20.2. The minimum Gasteiger partial charge on any atom is -0.508 e. The lowest BCUT2D eigenvalue weighted by atomic mass is 10.0. The van der Waals surface area contributed by atoms with Gasteiger partial charge >= 0.3 is 0 Å². The number of hydrogen-bond donors (Lipinski definition) is 4. The van der Waals surface area contributed by atoms with Gasteiger partial charge in [-0.15, -0.1) is 0 Å². The highest BCUT2D eigenvalue weighted by atomic mass is 16.5. The summed E-state index contributed by atoms with van der Waals surface area (Å²) in [4.78, 5) is 0. The highest BCUT2D eigenvalue weighted by Crippen LogP contribution is 2.22. The van der Waals surface area contributed by atoms with Crippen LogP contribution in [-0.4, -0.2) is 48.7 Å². The van der Waals surface area contributed by atoms with E-state index in [0.717, 1.165) is 23.3 Å². The fourth-order valence-electron chi connectivity index (χ4n) is 3.66. The molecular weight excluding hydrogens is 446 g/mol. The Labute approximate surface area is 206 Å². The predicted octanol–water partition coefficient (Wildman–Crippen LogP) is 3.49. The van der Waals surface area contributed by atoms with Crippen LogP contribution in [0.15, 0.2) is 66.7 Å². The molecule has 0 aliphatic rings. The van der Waals surface area contributed by atoms with E-state index in [1.165, 1.54) is 11.6 Å². The molecule has 1 atom stereocenters. The SMILES string of the molecule is COc1cccc(COCCOCc2cccc(CCNCC(O)c3ccc(O)c(CO)c3)c2)c1. The second kappa shape index (κ2) is 14.5. The van der Waals surface area contributed by atoms with Crippen molar-refractivity contribution in [2.75, 3.05) is 33.4 Å². The number of aliphatic hydroxyl groups excluding tert-OH is 2. The van der Waals surface area contributed by atoms with Gasteiger partial charge < -0.3 is 34.8 Å². The highest BCUT2D eigenvalue weighted by molar-refractivity contribution is 5.36. The van der Waals surface area contributed by atoms with Crippen LogP contribution in [-0.2, 0) is 35.7 Å². The first-order chi connectivity index (χ1) is 17.1. The third-order valence-corrected chi connectivity index (χ3v) is 5.62. The normalized spacial score (nSPS) is 12.0. The summed E-state index contributed by atoms with van der Waals surface area (Å²) in [5, 5.41) is 32.5. The van der Waals surface area contributed by atoms with Crippen molar-refractivity contribution >= 4 is 0 Å². The first-order valence-corrected chi connectivity index (χ1v) is 11.8. The number of benzene rings is 3. The Morgan fingerprint density at radius 1 is 0.857 bits per heavy atom. The minimum atomic E-state index is -0.716. The van der Waals surface area contributed by atoms with Crippen LogP contribution in [0.3, 0.4) is 0 Å². The molecule has 3 aromatic carbocycles. The Morgan fingerprint density at radius 2 is 1.54 bits per heavy atom. The lowest BCUT2D eigenvalue weighted by molar-refractivity contribution is 0.0338. The Bertz CT molecular complexity index is 1040. The van der Waals surface area contributed by atoms with E-state index in [9.17, 15) is 15.3 Å². The number of rotatable bonds is 15. The molecule has 0 bridgehead atoms. The van der Waals surface area contributed by atoms with Crippen molar-refractivity contribution in [2.45, 2.75) is 32.3 Å². The average Bonchev–Trinajstić information content (AvgIpc) is 2.89. The van der Waals surface area contributed by atoms with Gasteiger partial charge in [-0.3, -0.25) is 0 Å². The van der Waals surface area contributed by atoms with Crippen LogP contribution in [0.5, 0.6) is 11.5 Å². The maximum Gasteiger partial charge on any atom is 0.121 e. The molecular formula is C28H35NO6. The van der Waals surface area contributed by atoms with E-state index >= 15 is 0 Å². The third-order valence-electron chi connectivity index (χ3n) is 5.62. The number of hydrogen-bond acceptors (Lipinski definition) is 7. The van der Waals surface area contributed by atoms with Crippen LogP contribution in [0.25, 0.3) is 0 Å². The molecule has 0 aliphatic heterocycles. The molecule has 0 saturated carbocycles. The summed E-state index contributed by atoms with van der Waals surface area (Å²) in [6, 6.07) is 20.9. The standard InChI is InChI=1S/C28H35NO6/c1-33-26-7-3-6-23(15-26)20-35-13-12-34-19-22-5-2-4-21(14-22)10-11-29-17-28(32)24-8-9-27(31)25(16-24)18-30/h2-9,14-16,28-32H,10-13,17-20H2,1H3. The summed E-state index contributed by atoms with van der Waals surface area (Å²) in [5.41, 5.74) is 4.43. The molecule has 7 heteroatoms. The predicted molar refractivity (Wildman–Crippen MR) is 134 cm³/mol. The van der Waals surface area contributed by atoms with Crippen molar-refractivity contribution in [3.63, 3.8) is 0 Å². The molecule has 0 fully saturated rings. The van der Waals surface area contributed by atoms with Gasteiger partial charge in [-0.2, -0.15) is 0 Å². The lowest BCUT2D eigenvalue weighted by Gasteiger charge is -2.14. The molecule has 0 heterocycles. The molecule has 4 N–H and O–H groups in total. The van der Waals surface area contributed by atoms with Crippen molar-refractivity contribution in [2.24, 2.45) is 0 Å². The average molecular weight is 482 g/mol. The lowest BCUT2D eigenvalue weighted by Crippen LogP contribution is -2.23. The maximum atomic E-state index is 10.4. The van der Waals surface area contributed by atoms with Gasteiger partial charge in [-0.05, 0) is 59.5 Å². The van der Waals surface area contributed by atoms with Gasteiger partial charge in [-0.1, -0.05) is 42.5 Å². The monoisotopic (exact) mass is 481 g/mol. The van der Waals surface area contributed by atoms with E-state index < -0.39 is 6.10 Å². The van der Waals surface area contributed by atoms with Crippen molar-refractivity contribution in [1.82, 2.24) is 5.32 Å². The summed E-state index contributed by atoms with van der Waals surface area (Å²) in [5.74, 6) is 0.851. The van der Waals surface area contributed by atoms with Crippen molar-refractivity contribution in [1.29, 1.82) is 0 Å². The molecule has 0 radical (unpaired) electrons. The van der Waals surface area contributed by atoms with E-state index in [-0.39, 0.29) is 12.4 Å². The van der Waals surface area contributed by atoms with Crippen LogP contribution >= 0.6 is 0 Å². The largest absolute Gasteiger partial charge is 0.508 e. The van der Waals surface area contributed by atoms with E-state index in [0.29, 0.717) is 50.6 Å². The summed E-state index contributed by atoms with van der Waals surface area (Å²) in [6.07, 6.45) is 0.105. The molecule has 0 amide bonds. The smallest absolute Gasteiger partial charge is 0.121 e. The number of aromatic hydroxyl groups is 1. The molecule has 0 saturated heterocycles. The van der Waals surface area contributed by atoms with Crippen molar-refractivity contribution < 1.29 is 29.5 Å². The number of ether oxygens (including phenoxy) is 3. The summed E-state index contributed by atoms with van der Waals surface area (Å²) in [7, 11) is 1.65. The fraction of sp³-hybridized carbons (Fsp3) is 0.357. The molecule has 3 aromatic rings. The molecule has 0 aliphatic carbocycles. The van der Waals surface area contributed by atoms with Crippen LogP contribution in [0, 0.1) is 0 Å². The quantitative estimate of drug-likeness (QED) is 0.247. The highest BCUT2D eigenvalue weighted by Gasteiger charge is 2.10. The molecule has 0 aromatic heterocycles. The van der Waals surface area contributed by atoms with Gasteiger partial charge in [0, 0.05) is 12.1 Å². The first kappa shape index (κ1) is 26.7. The van der Waals surface area contributed by atoms with Gasteiger partial charge in [0.2, 0.25) is 0 Å². The molecule has 188 valence electrons. The Kier molecular flexibility index (Phi) is 11.0. The summed E-state index contributed by atoms with van der Waals surface area (Å²) in [6.45, 7) is 2.91. The molecule has 0 spiro atoms. The van der Waals surface area contributed by atoms with Crippen molar-refractivity contribution in [3.05, 3.63) is 94.5 Å². The minimum absolute atomic E-state index is 0.0287. The number of aliphatic hydroxyl groups is 2. The molecule has 1 unspecified atom stereocenters. The topological polar surface area (TPSA) is 100 Å². The second-order valence-corrected chi connectivity index (χ2v) is 8.29. The van der Waals surface area contributed by atoms with Gasteiger partial charge in [0.05, 0.1) is 46.2 Å². The van der Waals surface area contributed by atoms with Crippen molar-refractivity contribution in [3.8, 4) is 11.5 Å². The van der Waals surface area contributed by atoms with Gasteiger partial charge in [0.15, 0.2) is 0 Å². The summed E-state index contributed by atoms with van der Waals surface area (Å²) < 4.78 is 16.7. The van der Waals surface area contributed by atoms with Gasteiger partial charge in [0.25, 0.3) is 0 Å². The van der Waals surface area contributed by atoms with E-state index in [2.05, 4.69) is 17.4 Å². The number of methoxy groups -OCH3 is 1. The summed E-state index contributed by atoms with van der Waals surface area (Å²) >= 11 is 0. The maximum absolute atomic E-state index is 10.4. The van der Waals surface area contributed by atoms with E-state index in [1.54, 1.807) is 19.2 Å². The number of nitrogens with one attached hydrogen (secondary N) is 1. The van der Waals surface area contributed by atoms with Crippen LogP contribution in [0.4, 0.5) is 0 Å². The van der Waals surface area contributed by atoms with E-state index in [4.69, 9.17) is 14.2 Å². The Morgan fingerprint density at radius 3 is 2.26 bits per heavy atom. The Hall–Kier alpha value is -2.94. The number of phenols is 1. The second-order valence-electron chi connectivity index (χ2n) is 8.29. The fourth-order valence-corrected chi connectivity index (χ4v) is 3.66. The molecule has 7 nitrogen and oxygen atoms in total. The molecule has 3 rings (SSSR count). The van der Waals surface area contributed by atoms with Gasteiger partial charge in [-0.25, -0.2) is 0 Å². The zero-order valence-electron chi connectivity index (χ0n) is 20.2. The van der Waals surface area contributed by atoms with Crippen LogP contribution < -0.4 is 10.1 Å². The van der Waals surface area contributed by atoms with E-state index in [1.807, 2.05) is 36.4 Å². The van der Waals surface area contributed by atoms with Crippen LogP contribution in [0.1, 0.15) is 33.9 Å².